The fourth-order valence-electron chi connectivity index (χ4n) is 3.69. The summed E-state index contributed by atoms with van der Waals surface area (Å²) >= 11 is 0. The Morgan fingerprint density at radius 3 is 2.25 bits per heavy atom. The van der Waals surface area contributed by atoms with Crippen LogP contribution in [0.25, 0.3) is 0 Å². The maximum atomic E-state index is 13.6. The number of ether oxygens (including phenoxy) is 2. The number of rotatable bonds is 6. The summed E-state index contributed by atoms with van der Waals surface area (Å²) in [6.07, 6.45) is 0.700. The second-order valence-electron chi connectivity index (χ2n) is 6.92. The number of carboxylic acids is 1. The number of primary amides is 1. The lowest BCUT2D eigenvalue weighted by Crippen LogP contribution is -2.26. The van der Waals surface area contributed by atoms with Gasteiger partial charge in [0.05, 0.1) is 19.8 Å². The minimum Gasteiger partial charge on any atom is -0.494 e. The van der Waals surface area contributed by atoms with Crippen LogP contribution in [0.5, 0.6) is 11.5 Å². The maximum Gasteiger partial charge on any atom is 0.338 e. The number of aromatic carboxylic acids is 1. The number of fused-ring (bicyclic) bond motifs is 1. The van der Waals surface area contributed by atoms with Crippen molar-refractivity contribution in [3.63, 3.8) is 0 Å². The minimum absolute atomic E-state index is 0.0183. The summed E-state index contributed by atoms with van der Waals surface area (Å²) in [5.74, 6) is -1.51. The molecule has 0 fully saturated rings. The Hall–Kier alpha value is -4.34. The zero-order valence-corrected chi connectivity index (χ0v) is 17.1. The van der Waals surface area contributed by atoms with Gasteiger partial charge in [0.25, 0.3) is 0 Å². The molecule has 1 atom stereocenters. The molecule has 32 heavy (non-hydrogen) atoms. The number of nitrogens with two attached hydrogens (primary N) is 1. The highest BCUT2D eigenvalue weighted by molar-refractivity contribution is 6.02. The molecule has 4 N–H and O–H groups in total. The van der Waals surface area contributed by atoms with E-state index in [1.165, 1.54) is 50.7 Å². The highest BCUT2D eigenvalue weighted by atomic mass is 19.1. The van der Waals surface area contributed by atoms with Gasteiger partial charge < -0.3 is 30.5 Å². The SMILES string of the molecule is COc1cc(C(N)=O)cc(OC)c1N1c2c(C(=O)O)ccnc2NC1c1ccc(F)cc1. The number of benzene rings is 2. The summed E-state index contributed by atoms with van der Waals surface area (Å²) in [7, 11) is 2.81. The van der Waals surface area contributed by atoms with Crippen molar-refractivity contribution in [2.45, 2.75) is 6.17 Å². The van der Waals surface area contributed by atoms with Crippen molar-refractivity contribution in [1.29, 1.82) is 0 Å². The van der Waals surface area contributed by atoms with Gasteiger partial charge in [0.1, 0.15) is 34.9 Å². The van der Waals surface area contributed by atoms with Gasteiger partial charge in [-0.2, -0.15) is 0 Å². The summed E-state index contributed by atoms with van der Waals surface area (Å²) < 4.78 is 24.6. The fourth-order valence-corrected chi connectivity index (χ4v) is 3.69. The Balaban J connectivity index is 2.02. The van der Waals surface area contributed by atoms with Gasteiger partial charge in [0, 0.05) is 11.8 Å². The third kappa shape index (κ3) is 3.41. The standard InChI is InChI=1S/C22H19FN4O5/c1-31-15-9-12(19(24)28)10-16(32-2)18(15)27-17-14(22(29)30)7-8-25-20(17)26-21(27)11-3-5-13(23)6-4-11/h3-10,21H,1-2H3,(H2,24,28)(H,25,26)(H,29,30). The van der Waals surface area contributed by atoms with Crippen molar-refractivity contribution >= 4 is 29.1 Å². The first-order chi connectivity index (χ1) is 15.3. The number of carboxylic acid groups (broad SMARTS) is 1. The number of pyridine rings is 1. The number of hydrogen-bond acceptors (Lipinski definition) is 7. The van der Waals surface area contributed by atoms with Gasteiger partial charge in [-0.25, -0.2) is 14.2 Å². The highest BCUT2D eigenvalue weighted by Crippen LogP contribution is 2.53. The average molecular weight is 438 g/mol. The second-order valence-corrected chi connectivity index (χ2v) is 6.92. The van der Waals surface area contributed by atoms with Gasteiger partial charge in [0.15, 0.2) is 5.82 Å². The molecule has 0 aliphatic carbocycles. The van der Waals surface area contributed by atoms with Gasteiger partial charge in [-0.15, -0.1) is 0 Å². The Morgan fingerprint density at radius 2 is 1.72 bits per heavy atom. The van der Waals surface area contributed by atoms with Gasteiger partial charge in [-0.1, -0.05) is 12.1 Å². The van der Waals surface area contributed by atoms with E-state index >= 15 is 0 Å². The number of hydrogen-bond donors (Lipinski definition) is 3. The molecule has 0 bridgehead atoms. The summed E-state index contributed by atoms with van der Waals surface area (Å²) in [5.41, 5.74) is 6.80. The lowest BCUT2D eigenvalue weighted by Gasteiger charge is -2.30. The third-order valence-electron chi connectivity index (χ3n) is 5.12. The third-order valence-corrected chi connectivity index (χ3v) is 5.12. The van der Waals surface area contributed by atoms with Crippen LogP contribution >= 0.6 is 0 Å². The van der Waals surface area contributed by atoms with E-state index in [4.69, 9.17) is 15.2 Å². The number of aromatic nitrogens is 1. The Kier molecular flexibility index (Phi) is 5.27. The first-order valence-electron chi connectivity index (χ1n) is 9.45. The van der Waals surface area contributed by atoms with E-state index in [1.807, 2.05) is 0 Å². The number of nitrogens with zero attached hydrogens (tertiary/aromatic N) is 2. The molecule has 164 valence electrons. The van der Waals surface area contributed by atoms with Crippen molar-refractivity contribution in [3.05, 3.63) is 71.2 Å². The van der Waals surface area contributed by atoms with Crippen molar-refractivity contribution in [1.82, 2.24) is 4.98 Å². The molecule has 0 saturated carbocycles. The van der Waals surface area contributed by atoms with Gasteiger partial charge in [-0.05, 0) is 35.9 Å². The first-order valence-corrected chi connectivity index (χ1v) is 9.45. The lowest BCUT2D eigenvalue weighted by atomic mass is 10.1. The normalized spacial score (nSPS) is 14.5. The van der Waals surface area contributed by atoms with Gasteiger partial charge in [-0.3, -0.25) is 4.79 Å². The van der Waals surface area contributed by atoms with Crippen LogP contribution in [0.4, 0.5) is 21.6 Å². The first kappa shape index (κ1) is 20.9. The van der Waals surface area contributed by atoms with E-state index in [-0.39, 0.29) is 28.3 Å². The van der Waals surface area contributed by atoms with Crippen LogP contribution in [0.2, 0.25) is 0 Å². The molecule has 4 rings (SSSR count). The van der Waals surface area contributed by atoms with E-state index in [1.54, 1.807) is 17.0 Å². The Labute approximate surface area is 182 Å². The Bertz CT molecular complexity index is 1190. The summed E-state index contributed by atoms with van der Waals surface area (Å²) in [4.78, 5) is 29.7. The van der Waals surface area contributed by atoms with Gasteiger partial charge >= 0.3 is 5.97 Å². The molecule has 1 unspecified atom stereocenters. The van der Waals surface area contributed by atoms with Crippen LogP contribution in [0.15, 0.2) is 48.7 Å². The number of carbonyl (C=O) groups excluding carboxylic acids is 1. The second kappa shape index (κ2) is 8.06. The summed E-state index contributed by atoms with van der Waals surface area (Å²) in [5, 5.41) is 13.0. The molecule has 9 nitrogen and oxygen atoms in total. The molecule has 10 heteroatoms. The minimum atomic E-state index is -1.16. The monoisotopic (exact) mass is 438 g/mol. The van der Waals surface area contributed by atoms with Crippen molar-refractivity contribution in [3.8, 4) is 11.5 Å². The number of anilines is 3. The molecule has 0 saturated heterocycles. The van der Waals surface area contributed by atoms with Crippen LogP contribution in [-0.2, 0) is 0 Å². The topological polar surface area (TPSA) is 127 Å². The quantitative estimate of drug-likeness (QED) is 0.535. The van der Waals surface area contributed by atoms with Gasteiger partial charge in [0.2, 0.25) is 5.91 Å². The number of methoxy groups -OCH3 is 2. The van der Waals surface area contributed by atoms with Crippen molar-refractivity contribution < 1.29 is 28.6 Å². The van der Waals surface area contributed by atoms with E-state index in [0.717, 1.165) is 0 Å². The molecule has 1 aromatic heterocycles. The number of nitrogens with one attached hydrogen (secondary N) is 1. The van der Waals surface area contributed by atoms with E-state index < -0.39 is 23.9 Å². The van der Waals surface area contributed by atoms with Crippen LogP contribution in [-0.4, -0.2) is 36.2 Å². The number of amides is 1. The maximum absolute atomic E-state index is 13.6. The van der Waals surface area contributed by atoms with Crippen LogP contribution in [0, 0.1) is 5.82 Å². The molecule has 0 spiro atoms. The van der Waals surface area contributed by atoms with Crippen molar-refractivity contribution in [2.75, 3.05) is 24.4 Å². The smallest absolute Gasteiger partial charge is 0.338 e. The zero-order chi connectivity index (χ0) is 23.0. The number of halogens is 1. The molecule has 1 aliphatic heterocycles. The largest absolute Gasteiger partial charge is 0.494 e. The average Bonchev–Trinajstić information content (AvgIpc) is 3.17. The highest BCUT2D eigenvalue weighted by Gasteiger charge is 2.39. The fraction of sp³-hybridized carbons (Fsp3) is 0.136. The molecule has 3 aromatic rings. The zero-order valence-electron chi connectivity index (χ0n) is 17.1. The summed E-state index contributed by atoms with van der Waals surface area (Å²) in [6.45, 7) is 0. The molecule has 2 heterocycles. The summed E-state index contributed by atoms with van der Waals surface area (Å²) in [6, 6.07) is 10.0. The van der Waals surface area contributed by atoms with E-state index in [2.05, 4.69) is 10.3 Å². The van der Waals surface area contributed by atoms with E-state index in [0.29, 0.717) is 17.1 Å². The molecule has 0 radical (unpaired) electrons. The molecular weight excluding hydrogens is 419 g/mol. The number of carbonyl (C=O) groups is 2. The van der Waals surface area contributed by atoms with Crippen molar-refractivity contribution in [2.24, 2.45) is 5.73 Å². The molecule has 1 aliphatic rings. The molecular formula is C22H19FN4O5. The molecule has 1 amide bonds. The van der Waals surface area contributed by atoms with Crippen LogP contribution < -0.4 is 25.4 Å². The molecule has 2 aromatic carbocycles. The Morgan fingerprint density at radius 1 is 1.09 bits per heavy atom. The van der Waals surface area contributed by atoms with E-state index in [9.17, 15) is 19.1 Å². The van der Waals surface area contributed by atoms with Crippen LogP contribution in [0.1, 0.15) is 32.4 Å². The lowest BCUT2D eigenvalue weighted by molar-refractivity contribution is 0.0697. The predicted molar refractivity (Wildman–Crippen MR) is 114 cm³/mol. The predicted octanol–water partition coefficient (Wildman–Crippen LogP) is 3.30. The van der Waals surface area contributed by atoms with Crippen LogP contribution in [0.3, 0.4) is 0 Å².